The number of hydrogen-bond donors (Lipinski definition) is 2. The Balaban J connectivity index is 0.00000338. The van der Waals surface area contributed by atoms with Crippen LogP contribution in [-0.4, -0.2) is 50.3 Å². The minimum absolute atomic E-state index is 0. The lowest BCUT2D eigenvalue weighted by Gasteiger charge is -2.31. The zero-order valence-corrected chi connectivity index (χ0v) is 19.8. The molecule has 4 nitrogen and oxygen atoms in total. The molecule has 0 aliphatic carbocycles. The number of guanidine groups is 1. The molecule has 2 rings (SSSR count). The Morgan fingerprint density at radius 1 is 1.27 bits per heavy atom. The number of piperidine rings is 1. The second kappa shape index (κ2) is 12.8. The number of nitrogens with one attached hydrogen (secondary N) is 2. The van der Waals surface area contributed by atoms with Gasteiger partial charge >= 0.3 is 0 Å². The lowest BCUT2D eigenvalue weighted by Crippen LogP contribution is -2.39. The quantitative estimate of drug-likeness (QED) is 0.261. The molecule has 0 aromatic heterocycles. The first-order valence-electron chi connectivity index (χ1n) is 9.46. The fourth-order valence-corrected chi connectivity index (χ4v) is 4.09. The number of halogens is 1. The van der Waals surface area contributed by atoms with E-state index in [2.05, 4.69) is 58.8 Å². The molecule has 6 heteroatoms. The van der Waals surface area contributed by atoms with Gasteiger partial charge in [0.1, 0.15) is 0 Å². The molecule has 0 bridgehead atoms. The third-order valence-electron chi connectivity index (χ3n) is 5.11. The Labute approximate surface area is 181 Å². The van der Waals surface area contributed by atoms with Gasteiger partial charge in [0.05, 0.1) is 0 Å². The van der Waals surface area contributed by atoms with Gasteiger partial charge in [-0.2, -0.15) is 0 Å². The number of benzene rings is 1. The van der Waals surface area contributed by atoms with Crippen LogP contribution >= 0.6 is 35.7 Å². The van der Waals surface area contributed by atoms with Gasteiger partial charge < -0.3 is 15.5 Å². The van der Waals surface area contributed by atoms with Crippen molar-refractivity contribution in [2.24, 2.45) is 10.9 Å². The molecule has 1 aliphatic heterocycles. The van der Waals surface area contributed by atoms with Gasteiger partial charge in [0.25, 0.3) is 0 Å². The fraction of sp³-hybridized carbons (Fsp3) is 0.650. The van der Waals surface area contributed by atoms with Crippen LogP contribution in [0.2, 0.25) is 0 Å². The minimum atomic E-state index is 0. The fourth-order valence-electron chi connectivity index (χ4n) is 3.38. The van der Waals surface area contributed by atoms with E-state index in [1.54, 1.807) is 11.8 Å². The van der Waals surface area contributed by atoms with Crippen LogP contribution in [0.25, 0.3) is 0 Å². The molecule has 0 saturated carbocycles. The highest BCUT2D eigenvalue weighted by atomic mass is 127. The van der Waals surface area contributed by atoms with Crippen molar-refractivity contribution in [2.75, 3.05) is 39.5 Å². The topological polar surface area (TPSA) is 39.7 Å². The highest BCUT2D eigenvalue weighted by Crippen LogP contribution is 2.22. The molecule has 0 spiro atoms. The van der Waals surface area contributed by atoms with Crippen molar-refractivity contribution in [1.29, 1.82) is 0 Å². The monoisotopic (exact) mass is 490 g/mol. The number of nitrogens with zero attached hydrogens (tertiary/aromatic N) is 2. The number of aryl methyl sites for hydroxylation is 1. The normalized spacial score (nSPS) is 16.2. The summed E-state index contributed by atoms with van der Waals surface area (Å²) in [7, 11) is 1.85. The zero-order valence-electron chi connectivity index (χ0n) is 16.7. The summed E-state index contributed by atoms with van der Waals surface area (Å²) in [5.74, 6) is 1.76. The molecule has 1 aromatic rings. The average Bonchev–Trinajstić information content (AvgIpc) is 2.65. The Morgan fingerprint density at radius 3 is 2.62 bits per heavy atom. The van der Waals surface area contributed by atoms with Crippen molar-refractivity contribution in [2.45, 2.75) is 44.6 Å². The lowest BCUT2D eigenvalue weighted by atomic mass is 9.93. The maximum atomic E-state index is 4.36. The molecular weight excluding hydrogens is 455 g/mol. The van der Waals surface area contributed by atoms with E-state index in [1.807, 2.05) is 7.05 Å². The van der Waals surface area contributed by atoms with Crippen molar-refractivity contribution < 1.29 is 0 Å². The van der Waals surface area contributed by atoms with Crippen LogP contribution in [0, 0.1) is 12.8 Å². The average molecular weight is 490 g/mol. The summed E-state index contributed by atoms with van der Waals surface area (Å²) in [6.07, 6.45) is 6.04. The highest BCUT2D eigenvalue weighted by molar-refractivity contribution is 14.0. The van der Waals surface area contributed by atoms with Gasteiger partial charge in [0.15, 0.2) is 5.96 Å². The van der Waals surface area contributed by atoms with Crippen LogP contribution in [0.5, 0.6) is 0 Å². The van der Waals surface area contributed by atoms with Crippen LogP contribution in [0.3, 0.4) is 0 Å². The molecule has 0 unspecified atom stereocenters. The summed E-state index contributed by atoms with van der Waals surface area (Å²) < 4.78 is 0. The van der Waals surface area contributed by atoms with Crippen LogP contribution in [0.15, 0.2) is 28.1 Å². The molecule has 0 atom stereocenters. The van der Waals surface area contributed by atoms with E-state index in [0.717, 1.165) is 25.0 Å². The molecular formula is C20H35IN4S. The van der Waals surface area contributed by atoms with Crippen molar-refractivity contribution in [3.8, 4) is 0 Å². The van der Waals surface area contributed by atoms with Crippen molar-refractivity contribution >= 4 is 41.7 Å². The van der Waals surface area contributed by atoms with E-state index in [1.165, 1.54) is 54.9 Å². The summed E-state index contributed by atoms with van der Waals surface area (Å²) in [6.45, 7) is 9.93. The largest absolute Gasteiger partial charge is 0.356 e. The predicted octanol–water partition coefficient (Wildman–Crippen LogP) is 4.12. The standard InChI is InChI=1S/C20H34N4S.HI/c1-5-24-12-9-17(10-13-24)8-11-22-20(21-3)23-15-18-7-6-16(2)14-19(18)25-4;/h6-7,14,17H,5,8-13,15H2,1-4H3,(H2,21,22,23);1H. The summed E-state index contributed by atoms with van der Waals surface area (Å²) in [4.78, 5) is 8.25. The summed E-state index contributed by atoms with van der Waals surface area (Å²) in [6, 6.07) is 6.64. The minimum Gasteiger partial charge on any atom is -0.356 e. The van der Waals surface area contributed by atoms with Gasteiger partial charge in [-0.1, -0.05) is 19.1 Å². The second-order valence-electron chi connectivity index (χ2n) is 6.83. The summed E-state index contributed by atoms with van der Waals surface area (Å²) >= 11 is 1.80. The number of hydrogen-bond acceptors (Lipinski definition) is 3. The molecule has 26 heavy (non-hydrogen) atoms. The number of aliphatic imine (C=N–C) groups is 1. The van der Waals surface area contributed by atoms with E-state index < -0.39 is 0 Å². The smallest absolute Gasteiger partial charge is 0.191 e. The molecule has 148 valence electrons. The molecule has 0 amide bonds. The highest BCUT2D eigenvalue weighted by Gasteiger charge is 2.17. The number of rotatable bonds is 7. The van der Waals surface area contributed by atoms with Gasteiger partial charge in [-0.25, -0.2) is 0 Å². The van der Waals surface area contributed by atoms with Crippen LogP contribution in [-0.2, 0) is 6.54 Å². The SMILES string of the molecule is CCN1CCC(CCNC(=NC)NCc2ccc(C)cc2SC)CC1.I. The lowest BCUT2D eigenvalue weighted by molar-refractivity contribution is 0.187. The third kappa shape index (κ3) is 7.64. The first kappa shape index (κ1) is 23.6. The Bertz CT molecular complexity index is 557. The second-order valence-corrected chi connectivity index (χ2v) is 7.68. The molecule has 1 aromatic carbocycles. The molecule has 1 saturated heterocycles. The first-order valence-corrected chi connectivity index (χ1v) is 10.7. The molecule has 2 N–H and O–H groups in total. The molecule has 0 radical (unpaired) electrons. The van der Waals surface area contributed by atoms with Crippen LogP contribution < -0.4 is 10.6 Å². The van der Waals surface area contributed by atoms with Gasteiger partial charge in [-0.05, 0) is 75.2 Å². The van der Waals surface area contributed by atoms with E-state index >= 15 is 0 Å². The van der Waals surface area contributed by atoms with Gasteiger partial charge in [0, 0.05) is 25.0 Å². The molecule has 1 heterocycles. The van der Waals surface area contributed by atoms with E-state index in [9.17, 15) is 0 Å². The van der Waals surface area contributed by atoms with E-state index in [-0.39, 0.29) is 24.0 Å². The third-order valence-corrected chi connectivity index (χ3v) is 5.93. The van der Waals surface area contributed by atoms with Crippen molar-refractivity contribution in [3.63, 3.8) is 0 Å². The van der Waals surface area contributed by atoms with Gasteiger partial charge in [0.2, 0.25) is 0 Å². The Morgan fingerprint density at radius 2 is 2.00 bits per heavy atom. The molecule has 1 fully saturated rings. The van der Waals surface area contributed by atoms with E-state index in [0.29, 0.717) is 0 Å². The zero-order chi connectivity index (χ0) is 18.1. The molecule has 1 aliphatic rings. The number of likely N-dealkylation sites (tertiary alicyclic amines) is 1. The summed E-state index contributed by atoms with van der Waals surface area (Å²) in [5, 5.41) is 6.93. The van der Waals surface area contributed by atoms with Gasteiger partial charge in [-0.3, -0.25) is 4.99 Å². The van der Waals surface area contributed by atoms with E-state index in [4.69, 9.17) is 0 Å². The summed E-state index contributed by atoms with van der Waals surface area (Å²) in [5.41, 5.74) is 2.64. The van der Waals surface area contributed by atoms with Gasteiger partial charge in [-0.15, -0.1) is 35.7 Å². The number of thioether (sulfide) groups is 1. The van der Waals surface area contributed by atoms with Crippen LogP contribution in [0.4, 0.5) is 0 Å². The maximum absolute atomic E-state index is 4.36. The van der Waals surface area contributed by atoms with Crippen LogP contribution in [0.1, 0.15) is 37.3 Å². The Hall–Kier alpha value is -0.470. The Kier molecular flexibility index (Phi) is 11.6. The predicted molar refractivity (Wildman–Crippen MR) is 126 cm³/mol. The first-order chi connectivity index (χ1) is 12.2. The maximum Gasteiger partial charge on any atom is 0.191 e. The van der Waals surface area contributed by atoms with Crippen molar-refractivity contribution in [1.82, 2.24) is 15.5 Å². The van der Waals surface area contributed by atoms with Crippen molar-refractivity contribution in [3.05, 3.63) is 29.3 Å².